The van der Waals surface area contributed by atoms with E-state index in [-0.39, 0.29) is 18.6 Å². The van der Waals surface area contributed by atoms with Gasteiger partial charge in [-0.2, -0.15) is 9.78 Å². The first-order valence-electron chi connectivity index (χ1n) is 14.2. The Balaban J connectivity index is 1.46. The smallest absolute Gasteiger partial charge is 0.309 e. The molecule has 0 unspecified atom stereocenters. The monoisotopic (exact) mass is 605 g/mol. The third kappa shape index (κ3) is 5.90. The second-order valence-corrected chi connectivity index (χ2v) is 10.5. The Bertz CT molecular complexity index is 1910. The number of aromatic nitrogens is 2. The van der Waals surface area contributed by atoms with Crippen LogP contribution in [-0.2, 0) is 4.79 Å². The number of hydrogen-bond donors (Lipinski definition) is 1. The molecule has 4 aromatic carbocycles. The van der Waals surface area contributed by atoms with Crippen LogP contribution in [-0.4, -0.2) is 42.7 Å². The van der Waals surface area contributed by atoms with Gasteiger partial charge in [0, 0.05) is 29.8 Å². The molecule has 1 aromatic heterocycles. The van der Waals surface area contributed by atoms with Crippen molar-refractivity contribution < 1.29 is 33.3 Å². The number of ether oxygens (including phenoxy) is 5. The lowest BCUT2D eigenvalue weighted by Crippen LogP contribution is -2.11. The van der Waals surface area contributed by atoms with E-state index in [0.717, 1.165) is 16.8 Å². The molecule has 1 aliphatic heterocycles. The van der Waals surface area contributed by atoms with Crippen molar-refractivity contribution in [2.75, 3.05) is 26.3 Å². The minimum atomic E-state index is -0.495. The molecule has 0 bridgehead atoms. The molecular weight excluding hydrogens is 574 g/mol. The molecule has 0 atom stereocenters. The van der Waals surface area contributed by atoms with Crippen molar-refractivity contribution in [3.63, 3.8) is 0 Å². The summed E-state index contributed by atoms with van der Waals surface area (Å²) in [6.07, 6.45) is 0. The molecule has 1 N–H and O–H groups in total. The van der Waals surface area contributed by atoms with Gasteiger partial charge in [0.05, 0.1) is 25.5 Å². The largest absolute Gasteiger partial charge is 0.497 e. The van der Waals surface area contributed by atoms with Gasteiger partial charge < -0.3 is 29.0 Å². The maximum Gasteiger partial charge on any atom is 0.309 e. The molecule has 0 radical (unpaired) electrons. The van der Waals surface area contributed by atoms with Crippen molar-refractivity contribution in [1.29, 1.82) is 0 Å². The summed E-state index contributed by atoms with van der Waals surface area (Å²) >= 11 is 0. The van der Waals surface area contributed by atoms with Crippen LogP contribution in [0.3, 0.4) is 0 Å². The zero-order chi connectivity index (χ0) is 31.7. The van der Waals surface area contributed by atoms with Gasteiger partial charge in [-0.05, 0) is 79.1 Å². The van der Waals surface area contributed by atoms with Crippen LogP contribution in [0.4, 0.5) is 5.69 Å². The average Bonchev–Trinajstić information content (AvgIpc) is 3.66. The number of rotatable bonds is 8. The van der Waals surface area contributed by atoms with Crippen molar-refractivity contribution in [3.8, 4) is 56.9 Å². The van der Waals surface area contributed by atoms with E-state index in [0.29, 0.717) is 56.6 Å². The molecule has 6 rings (SSSR count). The van der Waals surface area contributed by atoms with Gasteiger partial charge in [0.15, 0.2) is 11.5 Å². The van der Waals surface area contributed by atoms with E-state index in [2.05, 4.69) is 5.32 Å². The van der Waals surface area contributed by atoms with Crippen LogP contribution in [0.1, 0.15) is 28.4 Å². The van der Waals surface area contributed by atoms with Crippen LogP contribution in [0.5, 0.6) is 28.9 Å². The van der Waals surface area contributed by atoms with E-state index in [1.807, 2.05) is 56.3 Å². The van der Waals surface area contributed by atoms with Gasteiger partial charge >= 0.3 is 5.97 Å². The molecule has 0 saturated carbocycles. The number of fused-ring (bicyclic) bond motifs is 1. The third-order valence-electron chi connectivity index (χ3n) is 7.37. The van der Waals surface area contributed by atoms with Gasteiger partial charge in [0.1, 0.15) is 17.2 Å². The second kappa shape index (κ2) is 12.1. The lowest BCUT2D eigenvalue weighted by atomic mass is 10.00. The summed E-state index contributed by atoms with van der Waals surface area (Å²) in [6.45, 7) is 5.44. The Kier molecular flexibility index (Phi) is 7.87. The van der Waals surface area contributed by atoms with Crippen LogP contribution in [0.2, 0.25) is 0 Å². The maximum atomic E-state index is 13.0. The number of esters is 1. The number of carbonyl (C=O) groups is 2. The highest BCUT2D eigenvalue weighted by Gasteiger charge is 2.26. The normalized spacial score (nSPS) is 11.7. The summed E-state index contributed by atoms with van der Waals surface area (Å²) < 4.78 is 29.4. The second-order valence-electron chi connectivity index (χ2n) is 10.5. The Morgan fingerprint density at radius 1 is 0.822 bits per heavy atom. The fraction of sp³-hybridized carbons (Fsp3) is 0.171. The highest BCUT2D eigenvalue weighted by atomic mass is 16.7. The van der Waals surface area contributed by atoms with Crippen molar-refractivity contribution >= 4 is 17.6 Å². The molecule has 0 aliphatic carbocycles. The van der Waals surface area contributed by atoms with Gasteiger partial charge in [0.25, 0.3) is 5.91 Å². The van der Waals surface area contributed by atoms with Crippen molar-refractivity contribution in [2.24, 2.45) is 0 Å². The number of nitrogens with zero attached hydrogens (tertiary/aromatic N) is 2. The van der Waals surface area contributed by atoms with Crippen LogP contribution < -0.4 is 29.0 Å². The summed E-state index contributed by atoms with van der Waals surface area (Å²) in [6, 6.07) is 23.7. The van der Waals surface area contributed by atoms with Crippen LogP contribution in [0.25, 0.3) is 28.1 Å². The van der Waals surface area contributed by atoms with Gasteiger partial charge in [0.2, 0.25) is 12.7 Å². The number of benzene rings is 4. The lowest BCUT2D eigenvalue weighted by molar-refractivity contribution is -0.132. The predicted molar refractivity (Wildman–Crippen MR) is 169 cm³/mol. The molecule has 10 heteroatoms. The molecule has 5 aromatic rings. The first kappa shape index (κ1) is 29.3. The summed E-state index contributed by atoms with van der Waals surface area (Å²) in [7, 11) is 3.16. The number of methoxy groups -OCH3 is 2. The van der Waals surface area contributed by atoms with E-state index in [4.69, 9.17) is 28.8 Å². The highest BCUT2D eigenvalue weighted by molar-refractivity contribution is 6.05. The van der Waals surface area contributed by atoms with Gasteiger partial charge in [-0.1, -0.05) is 24.3 Å². The molecule has 1 aliphatic rings. The number of nitrogens with one attached hydrogen (secondary N) is 1. The number of carbonyl (C=O) groups excluding carboxylic acids is 2. The van der Waals surface area contributed by atoms with E-state index in [1.165, 1.54) is 6.92 Å². The molecule has 0 saturated heterocycles. The van der Waals surface area contributed by atoms with Crippen LogP contribution in [0, 0.1) is 13.8 Å². The third-order valence-corrected chi connectivity index (χ3v) is 7.37. The summed E-state index contributed by atoms with van der Waals surface area (Å²) in [5.41, 5.74) is 6.26. The molecular formula is C35H31N3O7. The standard InChI is InChI=1S/C35H31N3O7/c1-20-6-7-21(2)29(14-20)38-35(45-22(3)39)32(33(37-38)25-15-27(41-4)18-28(16-25)42-5)23-8-11-26(12-9-23)36-34(40)24-10-13-30-31(17-24)44-19-43-30/h6-18H,19H2,1-5H3,(H,36,40). The van der Waals surface area contributed by atoms with Crippen molar-refractivity contribution in [1.82, 2.24) is 9.78 Å². The van der Waals surface area contributed by atoms with Gasteiger partial charge in [-0.15, -0.1) is 0 Å². The molecule has 0 spiro atoms. The number of amides is 1. The number of anilines is 1. The average molecular weight is 606 g/mol. The first-order chi connectivity index (χ1) is 21.7. The Morgan fingerprint density at radius 3 is 2.22 bits per heavy atom. The molecule has 0 fully saturated rings. The summed E-state index contributed by atoms with van der Waals surface area (Å²) in [5, 5.41) is 7.93. The minimum absolute atomic E-state index is 0.127. The zero-order valence-corrected chi connectivity index (χ0v) is 25.5. The fourth-order valence-corrected chi connectivity index (χ4v) is 5.11. The van der Waals surface area contributed by atoms with Gasteiger partial charge in [-0.25, -0.2) is 0 Å². The highest BCUT2D eigenvalue weighted by Crippen LogP contribution is 2.43. The quantitative estimate of drug-likeness (QED) is 0.194. The fourth-order valence-electron chi connectivity index (χ4n) is 5.11. The van der Waals surface area contributed by atoms with Crippen molar-refractivity contribution in [2.45, 2.75) is 20.8 Å². The number of aryl methyl sites for hydroxylation is 2. The van der Waals surface area contributed by atoms with Crippen LogP contribution >= 0.6 is 0 Å². The van der Waals surface area contributed by atoms with E-state index in [1.54, 1.807) is 55.3 Å². The van der Waals surface area contributed by atoms with Gasteiger partial charge in [-0.3, -0.25) is 9.59 Å². The van der Waals surface area contributed by atoms with E-state index in [9.17, 15) is 9.59 Å². The van der Waals surface area contributed by atoms with Crippen LogP contribution in [0.15, 0.2) is 78.9 Å². The molecule has 10 nitrogen and oxygen atoms in total. The maximum absolute atomic E-state index is 13.0. The summed E-state index contributed by atoms with van der Waals surface area (Å²) in [4.78, 5) is 25.5. The molecule has 1 amide bonds. The Morgan fingerprint density at radius 2 is 1.53 bits per heavy atom. The van der Waals surface area contributed by atoms with E-state index >= 15 is 0 Å². The molecule has 228 valence electrons. The first-order valence-corrected chi connectivity index (χ1v) is 14.2. The SMILES string of the molecule is COc1cc(OC)cc(-c2nn(-c3cc(C)ccc3C)c(OC(C)=O)c2-c2ccc(NC(=O)c3ccc4c(c3)OCO4)cc2)c1. The topological polar surface area (TPSA) is 110 Å². The molecule has 2 heterocycles. The summed E-state index contributed by atoms with van der Waals surface area (Å²) in [5.74, 6) is 1.74. The lowest BCUT2D eigenvalue weighted by Gasteiger charge is -2.12. The van der Waals surface area contributed by atoms with E-state index < -0.39 is 5.97 Å². The Hall–Kier alpha value is -5.77. The predicted octanol–water partition coefficient (Wildman–Crippen LogP) is 6.75. The van der Waals surface area contributed by atoms with Crippen molar-refractivity contribution in [3.05, 3.63) is 95.6 Å². The molecule has 45 heavy (non-hydrogen) atoms. The Labute approximate surface area is 260 Å². The minimum Gasteiger partial charge on any atom is -0.497 e. The number of hydrogen-bond acceptors (Lipinski definition) is 8. The zero-order valence-electron chi connectivity index (χ0n) is 25.5.